The molecule has 2 rings (SSSR count). The van der Waals surface area contributed by atoms with E-state index in [0.29, 0.717) is 6.54 Å². The van der Waals surface area contributed by atoms with E-state index in [1.54, 1.807) is 0 Å². The van der Waals surface area contributed by atoms with Crippen LogP contribution in [0.4, 0.5) is 0 Å². The van der Waals surface area contributed by atoms with Crippen LogP contribution in [-0.2, 0) is 6.54 Å². The van der Waals surface area contributed by atoms with Crippen molar-refractivity contribution in [1.29, 1.82) is 0 Å². The van der Waals surface area contributed by atoms with E-state index in [-0.39, 0.29) is 0 Å². The molecule has 0 aliphatic heterocycles. The van der Waals surface area contributed by atoms with Crippen molar-refractivity contribution >= 4 is 15.9 Å². The first kappa shape index (κ1) is 12.1. The van der Waals surface area contributed by atoms with Crippen molar-refractivity contribution in [1.82, 2.24) is 0 Å². The van der Waals surface area contributed by atoms with Crippen molar-refractivity contribution in [3.8, 4) is 11.5 Å². The van der Waals surface area contributed by atoms with Crippen LogP contribution < -0.4 is 10.5 Å². The molecule has 17 heavy (non-hydrogen) atoms. The lowest BCUT2D eigenvalue weighted by molar-refractivity contribution is 0.478. The second-order valence-electron chi connectivity index (χ2n) is 3.86. The summed E-state index contributed by atoms with van der Waals surface area (Å²) in [6.07, 6.45) is 0. The van der Waals surface area contributed by atoms with Gasteiger partial charge in [0.15, 0.2) is 0 Å². The lowest BCUT2D eigenvalue weighted by atomic mass is 10.2. The zero-order valence-corrected chi connectivity index (χ0v) is 11.2. The molecule has 0 aromatic heterocycles. The third-order valence-electron chi connectivity index (χ3n) is 2.50. The van der Waals surface area contributed by atoms with Crippen LogP contribution >= 0.6 is 15.9 Å². The first-order chi connectivity index (χ1) is 8.19. The number of benzene rings is 2. The molecule has 0 saturated carbocycles. The molecule has 0 fully saturated rings. The standard InChI is InChI=1S/C14H14BrNO/c1-10-7-12(15)5-6-14(10)17-13-4-2-3-11(8-13)9-16/h2-8H,9,16H2,1H3. The molecule has 2 N–H and O–H groups in total. The van der Waals surface area contributed by atoms with Crippen LogP contribution in [0.5, 0.6) is 11.5 Å². The Kier molecular flexibility index (Phi) is 3.82. The lowest BCUT2D eigenvalue weighted by Gasteiger charge is -2.09. The van der Waals surface area contributed by atoms with Gasteiger partial charge < -0.3 is 10.5 Å². The van der Waals surface area contributed by atoms with E-state index in [0.717, 1.165) is 27.1 Å². The van der Waals surface area contributed by atoms with Gasteiger partial charge in [-0.1, -0.05) is 28.1 Å². The summed E-state index contributed by atoms with van der Waals surface area (Å²) in [5, 5.41) is 0. The highest BCUT2D eigenvalue weighted by Crippen LogP contribution is 2.27. The molecule has 88 valence electrons. The van der Waals surface area contributed by atoms with Crippen molar-refractivity contribution in [2.24, 2.45) is 5.73 Å². The van der Waals surface area contributed by atoms with Gasteiger partial charge in [0.25, 0.3) is 0 Å². The fraction of sp³-hybridized carbons (Fsp3) is 0.143. The fourth-order valence-electron chi connectivity index (χ4n) is 1.59. The Balaban J connectivity index is 2.25. The summed E-state index contributed by atoms with van der Waals surface area (Å²) >= 11 is 3.43. The lowest BCUT2D eigenvalue weighted by Crippen LogP contribution is -1.96. The molecule has 2 aromatic carbocycles. The summed E-state index contributed by atoms with van der Waals surface area (Å²) in [6.45, 7) is 2.55. The summed E-state index contributed by atoms with van der Waals surface area (Å²) < 4.78 is 6.88. The maximum Gasteiger partial charge on any atom is 0.130 e. The first-order valence-corrected chi connectivity index (χ1v) is 6.21. The fourth-order valence-corrected chi connectivity index (χ4v) is 2.07. The third kappa shape index (κ3) is 3.08. The summed E-state index contributed by atoms with van der Waals surface area (Å²) in [6, 6.07) is 13.8. The molecule has 2 nitrogen and oxygen atoms in total. The second-order valence-corrected chi connectivity index (χ2v) is 4.78. The number of hydrogen-bond acceptors (Lipinski definition) is 2. The van der Waals surface area contributed by atoms with Gasteiger partial charge >= 0.3 is 0 Å². The highest BCUT2D eigenvalue weighted by atomic mass is 79.9. The Morgan fingerprint density at radius 1 is 1.18 bits per heavy atom. The predicted molar refractivity (Wildman–Crippen MR) is 73.3 cm³/mol. The number of rotatable bonds is 3. The number of aryl methyl sites for hydroxylation is 1. The number of nitrogens with two attached hydrogens (primary N) is 1. The normalized spacial score (nSPS) is 10.3. The van der Waals surface area contributed by atoms with Gasteiger partial charge in [0, 0.05) is 11.0 Å². The van der Waals surface area contributed by atoms with Crippen LogP contribution in [0.15, 0.2) is 46.9 Å². The van der Waals surface area contributed by atoms with Crippen molar-refractivity contribution in [2.75, 3.05) is 0 Å². The van der Waals surface area contributed by atoms with E-state index in [1.807, 2.05) is 49.4 Å². The maximum atomic E-state index is 5.83. The minimum absolute atomic E-state index is 0.524. The molecule has 2 aromatic rings. The van der Waals surface area contributed by atoms with Crippen molar-refractivity contribution < 1.29 is 4.74 Å². The van der Waals surface area contributed by atoms with E-state index in [1.165, 1.54) is 0 Å². The molecule has 0 spiro atoms. The molecule has 0 amide bonds. The van der Waals surface area contributed by atoms with E-state index >= 15 is 0 Å². The van der Waals surface area contributed by atoms with E-state index in [9.17, 15) is 0 Å². The molecule has 0 atom stereocenters. The minimum Gasteiger partial charge on any atom is -0.457 e. The third-order valence-corrected chi connectivity index (χ3v) is 2.99. The monoisotopic (exact) mass is 291 g/mol. The average molecular weight is 292 g/mol. The van der Waals surface area contributed by atoms with Crippen LogP contribution in [-0.4, -0.2) is 0 Å². The Morgan fingerprint density at radius 3 is 2.71 bits per heavy atom. The molecule has 0 radical (unpaired) electrons. The maximum absolute atomic E-state index is 5.83. The van der Waals surface area contributed by atoms with Crippen molar-refractivity contribution in [3.63, 3.8) is 0 Å². The Morgan fingerprint density at radius 2 is 2.00 bits per heavy atom. The largest absolute Gasteiger partial charge is 0.457 e. The summed E-state index contributed by atoms with van der Waals surface area (Å²) in [7, 11) is 0. The van der Waals surface area contributed by atoms with Crippen molar-refractivity contribution in [3.05, 3.63) is 58.1 Å². The van der Waals surface area contributed by atoms with Gasteiger partial charge in [-0.05, 0) is 48.4 Å². The Hall–Kier alpha value is -1.32. The quantitative estimate of drug-likeness (QED) is 0.927. The smallest absolute Gasteiger partial charge is 0.130 e. The van der Waals surface area contributed by atoms with Crippen molar-refractivity contribution in [2.45, 2.75) is 13.5 Å². The van der Waals surface area contributed by atoms with Crippen LogP contribution in [0.1, 0.15) is 11.1 Å². The van der Waals surface area contributed by atoms with Gasteiger partial charge in [-0.3, -0.25) is 0 Å². The molecule has 0 aliphatic rings. The molecule has 0 heterocycles. The Bertz CT molecular complexity index is 525. The number of hydrogen-bond donors (Lipinski definition) is 1. The number of ether oxygens (including phenoxy) is 1. The predicted octanol–water partition coefficient (Wildman–Crippen LogP) is 4.01. The SMILES string of the molecule is Cc1cc(Br)ccc1Oc1cccc(CN)c1. The van der Waals surface area contributed by atoms with Crippen LogP contribution in [0, 0.1) is 6.92 Å². The van der Waals surface area contributed by atoms with Gasteiger partial charge in [-0.25, -0.2) is 0 Å². The van der Waals surface area contributed by atoms with Crippen LogP contribution in [0.2, 0.25) is 0 Å². The van der Waals surface area contributed by atoms with E-state index in [4.69, 9.17) is 10.5 Å². The summed E-state index contributed by atoms with van der Waals surface area (Å²) in [5.41, 5.74) is 7.76. The highest BCUT2D eigenvalue weighted by molar-refractivity contribution is 9.10. The average Bonchev–Trinajstić information content (AvgIpc) is 2.33. The molecule has 0 aliphatic carbocycles. The molecule has 0 unspecified atom stereocenters. The molecular formula is C14H14BrNO. The molecular weight excluding hydrogens is 278 g/mol. The summed E-state index contributed by atoms with van der Waals surface area (Å²) in [5.74, 6) is 1.68. The summed E-state index contributed by atoms with van der Waals surface area (Å²) in [4.78, 5) is 0. The van der Waals surface area contributed by atoms with Gasteiger partial charge in [0.2, 0.25) is 0 Å². The Labute approximate surface area is 110 Å². The van der Waals surface area contributed by atoms with E-state index < -0.39 is 0 Å². The zero-order chi connectivity index (χ0) is 12.3. The van der Waals surface area contributed by atoms with Crippen LogP contribution in [0.3, 0.4) is 0 Å². The van der Waals surface area contributed by atoms with Gasteiger partial charge in [-0.2, -0.15) is 0 Å². The highest BCUT2D eigenvalue weighted by Gasteiger charge is 2.02. The zero-order valence-electron chi connectivity index (χ0n) is 9.61. The van der Waals surface area contributed by atoms with Crippen LogP contribution in [0.25, 0.3) is 0 Å². The topological polar surface area (TPSA) is 35.2 Å². The van der Waals surface area contributed by atoms with E-state index in [2.05, 4.69) is 15.9 Å². The first-order valence-electron chi connectivity index (χ1n) is 5.42. The second kappa shape index (κ2) is 5.34. The molecule has 3 heteroatoms. The molecule has 0 bridgehead atoms. The number of halogens is 1. The van der Waals surface area contributed by atoms with Gasteiger partial charge in [-0.15, -0.1) is 0 Å². The van der Waals surface area contributed by atoms with Gasteiger partial charge in [0.1, 0.15) is 11.5 Å². The minimum atomic E-state index is 0.524. The molecule has 0 saturated heterocycles. The van der Waals surface area contributed by atoms with Gasteiger partial charge in [0.05, 0.1) is 0 Å².